The summed E-state index contributed by atoms with van der Waals surface area (Å²) in [5.41, 5.74) is 1.16. The molecule has 0 unspecified atom stereocenters. The molecule has 1 N–H and O–H groups in total. The molecule has 9 heteroatoms. The first-order valence-electron chi connectivity index (χ1n) is 9.10. The lowest BCUT2D eigenvalue weighted by molar-refractivity contribution is -0.924. The van der Waals surface area contributed by atoms with Gasteiger partial charge in [-0.2, -0.15) is 9.78 Å². The fourth-order valence-electron chi connectivity index (χ4n) is 3.25. The standard InChI is InChI=1S/C18H24ClN5O2S/c1-3-26-17(25)12-16-20-24(18(27)21(16)2)13-22-7-9-23(10-8-22)15-6-4-5-14(19)11-15/h4-6,11H,3,7-10,12-13H2,1-2H3/p+1. The second kappa shape index (κ2) is 8.86. The van der Waals surface area contributed by atoms with Gasteiger partial charge in [0.05, 0.1) is 32.8 Å². The predicted molar refractivity (Wildman–Crippen MR) is 107 cm³/mol. The van der Waals surface area contributed by atoms with E-state index in [4.69, 9.17) is 28.6 Å². The van der Waals surface area contributed by atoms with Gasteiger partial charge in [-0.3, -0.25) is 4.79 Å². The van der Waals surface area contributed by atoms with E-state index in [1.54, 1.807) is 11.5 Å². The molecule has 3 rings (SSSR count). The van der Waals surface area contributed by atoms with Gasteiger partial charge in [0.15, 0.2) is 6.67 Å². The minimum absolute atomic E-state index is 0.138. The number of ether oxygens (including phenoxy) is 1. The Morgan fingerprint density at radius 3 is 2.78 bits per heavy atom. The number of piperazine rings is 1. The van der Waals surface area contributed by atoms with Crippen molar-refractivity contribution in [3.05, 3.63) is 39.9 Å². The van der Waals surface area contributed by atoms with E-state index in [1.807, 2.05) is 29.9 Å². The van der Waals surface area contributed by atoms with Crippen LogP contribution in [-0.4, -0.2) is 53.1 Å². The van der Waals surface area contributed by atoms with Crippen LogP contribution in [0.4, 0.5) is 5.69 Å². The maximum atomic E-state index is 11.7. The van der Waals surface area contributed by atoms with Gasteiger partial charge in [-0.15, -0.1) is 0 Å². The number of halogens is 1. The largest absolute Gasteiger partial charge is 0.466 e. The van der Waals surface area contributed by atoms with E-state index < -0.39 is 0 Å². The Bertz CT molecular complexity index is 858. The van der Waals surface area contributed by atoms with Crippen molar-refractivity contribution >= 4 is 35.5 Å². The highest BCUT2D eigenvalue weighted by atomic mass is 35.5. The molecule has 1 fully saturated rings. The lowest BCUT2D eigenvalue weighted by Crippen LogP contribution is -3.14. The number of carbonyl (C=O) groups excluding carboxylic acids is 1. The van der Waals surface area contributed by atoms with Crippen LogP contribution in [0.25, 0.3) is 0 Å². The van der Waals surface area contributed by atoms with Crippen molar-refractivity contribution < 1.29 is 14.4 Å². The summed E-state index contributed by atoms with van der Waals surface area (Å²) in [6.45, 7) is 6.72. The van der Waals surface area contributed by atoms with Gasteiger partial charge >= 0.3 is 5.97 Å². The summed E-state index contributed by atoms with van der Waals surface area (Å²) >= 11 is 11.6. The molecule has 0 amide bonds. The van der Waals surface area contributed by atoms with E-state index in [0.29, 0.717) is 23.9 Å². The van der Waals surface area contributed by atoms with Gasteiger partial charge in [0.25, 0.3) is 0 Å². The smallest absolute Gasteiger partial charge is 0.313 e. The summed E-state index contributed by atoms with van der Waals surface area (Å²) < 4.78 is 9.23. The van der Waals surface area contributed by atoms with Crippen molar-refractivity contribution in [2.45, 2.75) is 20.0 Å². The van der Waals surface area contributed by atoms with Crippen LogP contribution in [0, 0.1) is 4.77 Å². The van der Waals surface area contributed by atoms with Gasteiger partial charge < -0.3 is 19.1 Å². The third-order valence-electron chi connectivity index (χ3n) is 4.76. The average Bonchev–Trinajstić information content (AvgIpc) is 2.90. The Hall–Kier alpha value is -1.90. The van der Waals surface area contributed by atoms with Gasteiger partial charge in [0.1, 0.15) is 12.2 Å². The zero-order valence-electron chi connectivity index (χ0n) is 15.7. The van der Waals surface area contributed by atoms with E-state index in [-0.39, 0.29) is 12.4 Å². The van der Waals surface area contributed by atoms with E-state index >= 15 is 0 Å². The number of hydrogen-bond donors (Lipinski definition) is 1. The Labute approximate surface area is 169 Å². The molecule has 1 saturated heterocycles. The second-order valence-electron chi connectivity index (χ2n) is 6.61. The predicted octanol–water partition coefficient (Wildman–Crippen LogP) is 1.07. The number of anilines is 1. The molecule has 7 nitrogen and oxygen atoms in total. The number of quaternary nitrogens is 1. The van der Waals surface area contributed by atoms with Gasteiger partial charge in [-0.05, 0) is 37.3 Å². The normalized spacial score (nSPS) is 15.1. The van der Waals surface area contributed by atoms with Crippen molar-refractivity contribution in [1.82, 2.24) is 14.3 Å². The van der Waals surface area contributed by atoms with Crippen LogP contribution in [0.2, 0.25) is 5.02 Å². The summed E-state index contributed by atoms with van der Waals surface area (Å²) in [5, 5.41) is 5.30. The average molecular weight is 411 g/mol. The monoisotopic (exact) mass is 410 g/mol. The SMILES string of the molecule is CCOC(=O)Cc1nn(C[NH+]2CCN(c3cccc(Cl)c3)CC2)c(=S)n1C. The molecule has 27 heavy (non-hydrogen) atoms. The fourth-order valence-corrected chi connectivity index (χ4v) is 3.65. The van der Waals surface area contributed by atoms with Crippen LogP contribution < -0.4 is 9.80 Å². The Morgan fingerprint density at radius 1 is 1.37 bits per heavy atom. The fraction of sp³-hybridized carbons (Fsp3) is 0.500. The zero-order valence-corrected chi connectivity index (χ0v) is 17.2. The molecular formula is C18H25ClN5O2S+. The highest BCUT2D eigenvalue weighted by Crippen LogP contribution is 2.19. The third kappa shape index (κ3) is 4.88. The molecule has 0 atom stereocenters. The van der Waals surface area contributed by atoms with Crippen molar-refractivity contribution in [2.24, 2.45) is 7.05 Å². The molecule has 146 valence electrons. The Morgan fingerprint density at radius 2 is 2.11 bits per heavy atom. The number of nitrogens with one attached hydrogen (secondary N) is 1. The third-order valence-corrected chi connectivity index (χ3v) is 5.48. The first-order chi connectivity index (χ1) is 13.0. The quantitative estimate of drug-likeness (QED) is 0.570. The van der Waals surface area contributed by atoms with E-state index in [2.05, 4.69) is 16.1 Å². The molecule has 0 aliphatic carbocycles. The van der Waals surface area contributed by atoms with Gasteiger partial charge in [0.2, 0.25) is 4.77 Å². The van der Waals surface area contributed by atoms with Crippen LogP contribution in [0.3, 0.4) is 0 Å². The summed E-state index contributed by atoms with van der Waals surface area (Å²) in [6.07, 6.45) is 0.138. The minimum atomic E-state index is -0.282. The number of benzene rings is 1. The van der Waals surface area contributed by atoms with Crippen LogP contribution in [-0.2, 0) is 29.7 Å². The molecule has 2 aromatic rings. The number of carbonyl (C=O) groups is 1. The topological polar surface area (TPSA) is 56.7 Å². The molecule has 1 aromatic heterocycles. The van der Waals surface area contributed by atoms with E-state index in [1.165, 1.54) is 4.90 Å². The molecule has 0 radical (unpaired) electrons. The Balaban J connectivity index is 1.60. The number of rotatable bonds is 6. The van der Waals surface area contributed by atoms with Crippen molar-refractivity contribution in [3.63, 3.8) is 0 Å². The van der Waals surface area contributed by atoms with Crippen molar-refractivity contribution in [2.75, 3.05) is 37.7 Å². The summed E-state index contributed by atoms with van der Waals surface area (Å²) in [4.78, 5) is 15.5. The number of hydrogen-bond acceptors (Lipinski definition) is 5. The zero-order chi connectivity index (χ0) is 19.4. The van der Waals surface area contributed by atoms with Crippen LogP contribution in [0.1, 0.15) is 12.7 Å². The number of aromatic nitrogens is 3. The lowest BCUT2D eigenvalue weighted by Gasteiger charge is -2.33. The second-order valence-corrected chi connectivity index (χ2v) is 7.42. The number of esters is 1. The molecule has 2 heterocycles. The van der Waals surface area contributed by atoms with E-state index in [9.17, 15) is 4.79 Å². The summed E-state index contributed by atoms with van der Waals surface area (Å²) in [5.74, 6) is 0.352. The summed E-state index contributed by atoms with van der Waals surface area (Å²) in [6, 6.07) is 7.97. The maximum absolute atomic E-state index is 11.7. The number of nitrogens with zero attached hydrogens (tertiary/aromatic N) is 4. The van der Waals surface area contributed by atoms with Crippen LogP contribution in [0.5, 0.6) is 0 Å². The first-order valence-corrected chi connectivity index (χ1v) is 9.89. The molecule has 0 saturated carbocycles. The molecule has 0 bridgehead atoms. The Kier molecular flexibility index (Phi) is 6.51. The van der Waals surface area contributed by atoms with Crippen molar-refractivity contribution in [3.8, 4) is 0 Å². The molecule has 1 aliphatic heterocycles. The lowest BCUT2D eigenvalue weighted by atomic mass is 10.2. The van der Waals surface area contributed by atoms with E-state index in [0.717, 1.165) is 36.9 Å². The van der Waals surface area contributed by atoms with Crippen LogP contribution >= 0.6 is 23.8 Å². The molecule has 1 aliphatic rings. The minimum Gasteiger partial charge on any atom is -0.466 e. The van der Waals surface area contributed by atoms with Crippen LogP contribution in [0.15, 0.2) is 24.3 Å². The molecular weight excluding hydrogens is 386 g/mol. The van der Waals surface area contributed by atoms with Gasteiger partial charge in [-0.25, -0.2) is 0 Å². The molecule has 0 spiro atoms. The first kappa shape index (κ1) is 19.9. The van der Waals surface area contributed by atoms with Crippen molar-refractivity contribution in [1.29, 1.82) is 0 Å². The molecule has 1 aromatic carbocycles. The highest BCUT2D eigenvalue weighted by Gasteiger charge is 2.22. The van der Waals surface area contributed by atoms with Gasteiger partial charge in [-0.1, -0.05) is 17.7 Å². The van der Waals surface area contributed by atoms with Gasteiger partial charge in [0, 0.05) is 17.8 Å². The summed E-state index contributed by atoms with van der Waals surface area (Å²) in [7, 11) is 1.84. The maximum Gasteiger partial charge on any atom is 0.313 e. The highest BCUT2D eigenvalue weighted by molar-refractivity contribution is 7.71.